The molecular formula is C27H21FN4OS2. The van der Waals surface area contributed by atoms with Crippen LogP contribution >= 0.6 is 23.1 Å². The molecule has 5 rings (SSSR count). The lowest BCUT2D eigenvalue weighted by Gasteiger charge is -2.10. The van der Waals surface area contributed by atoms with Crippen LogP contribution in [0.1, 0.15) is 12.5 Å². The lowest BCUT2D eigenvalue weighted by molar-refractivity contribution is -0.113. The predicted molar refractivity (Wildman–Crippen MR) is 141 cm³/mol. The van der Waals surface area contributed by atoms with Gasteiger partial charge in [0.15, 0.2) is 11.0 Å². The number of hydrogen-bond donors (Lipinski definition) is 1. The molecule has 8 heteroatoms. The Morgan fingerprint density at radius 2 is 1.77 bits per heavy atom. The first-order chi connectivity index (χ1) is 17.1. The van der Waals surface area contributed by atoms with Crippen molar-refractivity contribution in [2.45, 2.75) is 18.4 Å². The van der Waals surface area contributed by atoms with Crippen LogP contribution in [0.25, 0.3) is 33.5 Å². The fourth-order valence-electron chi connectivity index (χ4n) is 3.57. The normalized spacial score (nSPS) is 11.0. The van der Waals surface area contributed by atoms with E-state index < -0.39 is 0 Å². The highest BCUT2D eigenvalue weighted by molar-refractivity contribution is 8.00. The molecule has 0 unspecified atom stereocenters. The Morgan fingerprint density at radius 1 is 0.971 bits per heavy atom. The van der Waals surface area contributed by atoms with E-state index in [1.807, 2.05) is 47.8 Å². The number of thioether (sulfide) groups is 1. The number of anilines is 1. The van der Waals surface area contributed by atoms with Crippen molar-refractivity contribution in [3.63, 3.8) is 0 Å². The third-order valence-corrected chi connectivity index (χ3v) is 7.14. The molecule has 3 aromatic carbocycles. The lowest BCUT2D eigenvalue weighted by Crippen LogP contribution is -2.14. The summed E-state index contributed by atoms with van der Waals surface area (Å²) in [6, 6.07) is 22.0. The maximum atomic E-state index is 13.4. The van der Waals surface area contributed by atoms with E-state index in [4.69, 9.17) is 4.98 Å². The van der Waals surface area contributed by atoms with E-state index in [0.29, 0.717) is 16.0 Å². The van der Waals surface area contributed by atoms with E-state index in [9.17, 15) is 9.18 Å². The third-order valence-electron chi connectivity index (χ3n) is 5.40. The monoisotopic (exact) mass is 500 g/mol. The number of rotatable bonds is 7. The van der Waals surface area contributed by atoms with Crippen LogP contribution < -0.4 is 5.32 Å². The Hall–Kier alpha value is -3.62. The minimum atomic E-state index is -0.314. The summed E-state index contributed by atoms with van der Waals surface area (Å²) >= 11 is 2.75. The van der Waals surface area contributed by atoms with E-state index in [1.54, 1.807) is 12.1 Å². The van der Waals surface area contributed by atoms with Crippen LogP contribution in [0.3, 0.4) is 0 Å². The largest absolute Gasteiger partial charge is 0.301 e. The number of fused-ring (bicyclic) bond motifs is 1. The first kappa shape index (κ1) is 23.1. The van der Waals surface area contributed by atoms with Gasteiger partial charge in [-0.2, -0.15) is 0 Å². The molecule has 0 aliphatic rings. The van der Waals surface area contributed by atoms with Crippen molar-refractivity contribution < 1.29 is 9.18 Å². The molecule has 0 saturated heterocycles. The molecule has 35 heavy (non-hydrogen) atoms. The molecule has 2 heterocycles. The molecule has 1 amide bonds. The van der Waals surface area contributed by atoms with E-state index in [1.165, 1.54) is 35.2 Å². The van der Waals surface area contributed by atoms with Crippen LogP contribution in [0, 0.1) is 5.82 Å². The Bertz CT molecular complexity index is 1490. The van der Waals surface area contributed by atoms with Crippen LogP contribution in [0.2, 0.25) is 0 Å². The molecule has 0 aliphatic carbocycles. The van der Waals surface area contributed by atoms with Gasteiger partial charge in [0.25, 0.3) is 0 Å². The Kier molecular flexibility index (Phi) is 6.83. The van der Waals surface area contributed by atoms with E-state index >= 15 is 0 Å². The second kappa shape index (κ2) is 10.3. The quantitative estimate of drug-likeness (QED) is 0.195. The highest BCUT2D eigenvalue weighted by Gasteiger charge is 2.14. The van der Waals surface area contributed by atoms with Gasteiger partial charge < -0.3 is 5.32 Å². The van der Waals surface area contributed by atoms with Gasteiger partial charge in [-0.25, -0.2) is 19.3 Å². The molecule has 0 bridgehead atoms. The lowest BCUT2D eigenvalue weighted by atomic mass is 10.1. The zero-order valence-electron chi connectivity index (χ0n) is 18.9. The summed E-state index contributed by atoms with van der Waals surface area (Å²) in [4.78, 5) is 26.7. The molecular weight excluding hydrogens is 479 g/mol. The second-order valence-electron chi connectivity index (χ2n) is 7.81. The summed E-state index contributed by atoms with van der Waals surface area (Å²) in [5.74, 6) is 0.194. The maximum Gasteiger partial charge on any atom is 0.236 e. The van der Waals surface area contributed by atoms with E-state index in [0.717, 1.165) is 39.7 Å². The highest BCUT2D eigenvalue weighted by Crippen LogP contribution is 2.30. The maximum absolute atomic E-state index is 13.4. The van der Waals surface area contributed by atoms with Crippen molar-refractivity contribution in [2.24, 2.45) is 0 Å². The first-order valence-electron chi connectivity index (χ1n) is 11.1. The zero-order valence-corrected chi connectivity index (χ0v) is 20.5. The van der Waals surface area contributed by atoms with Crippen LogP contribution in [-0.4, -0.2) is 26.6 Å². The Balaban J connectivity index is 1.37. The number of carbonyl (C=O) groups excluding carboxylic acids is 1. The summed E-state index contributed by atoms with van der Waals surface area (Å²) in [6.07, 6.45) is 0.883. The molecule has 0 fully saturated rings. The van der Waals surface area contributed by atoms with Crippen LogP contribution in [0.15, 0.2) is 83.2 Å². The van der Waals surface area contributed by atoms with Crippen molar-refractivity contribution in [3.8, 4) is 22.6 Å². The fourth-order valence-corrected chi connectivity index (χ4v) is 5.11. The number of thiazole rings is 1. The number of carbonyl (C=O) groups is 1. The summed E-state index contributed by atoms with van der Waals surface area (Å²) in [5.41, 5.74) is 4.50. The van der Waals surface area contributed by atoms with Gasteiger partial charge in [-0.1, -0.05) is 55.1 Å². The van der Waals surface area contributed by atoms with Crippen LogP contribution in [0.5, 0.6) is 0 Å². The molecule has 0 radical (unpaired) electrons. The Morgan fingerprint density at radius 3 is 2.54 bits per heavy atom. The molecule has 1 N–H and O–H groups in total. The number of benzene rings is 3. The van der Waals surface area contributed by atoms with Gasteiger partial charge in [-0.05, 0) is 48.4 Å². The van der Waals surface area contributed by atoms with Gasteiger partial charge in [0.2, 0.25) is 5.91 Å². The van der Waals surface area contributed by atoms with Gasteiger partial charge in [0, 0.05) is 21.9 Å². The molecule has 0 spiro atoms. The zero-order chi connectivity index (χ0) is 24.2. The number of aromatic nitrogens is 3. The van der Waals surface area contributed by atoms with Crippen molar-refractivity contribution >= 4 is 45.0 Å². The number of halogens is 1. The first-order valence-corrected chi connectivity index (χ1v) is 13.0. The molecule has 5 aromatic rings. The van der Waals surface area contributed by atoms with Gasteiger partial charge in [0.05, 0.1) is 17.0 Å². The molecule has 0 atom stereocenters. The Labute approximate surface area is 210 Å². The van der Waals surface area contributed by atoms with E-state index in [2.05, 4.69) is 28.3 Å². The molecule has 0 aliphatic heterocycles. The number of nitrogens with one attached hydrogen (secondary N) is 1. The van der Waals surface area contributed by atoms with Gasteiger partial charge in [-0.15, -0.1) is 11.3 Å². The van der Waals surface area contributed by atoms with Crippen LogP contribution in [0.4, 0.5) is 9.52 Å². The highest BCUT2D eigenvalue weighted by atomic mass is 32.2. The van der Waals surface area contributed by atoms with Gasteiger partial charge >= 0.3 is 0 Å². The SMILES string of the molecule is CCc1ccc2nc(-c3ccc(F)cc3)nc(SCC(=O)Nc3nc(-c4ccccc4)cs3)c2c1. The number of amides is 1. The number of hydrogen-bond acceptors (Lipinski definition) is 6. The predicted octanol–water partition coefficient (Wildman–Crippen LogP) is 6.85. The number of aryl methyl sites for hydroxylation is 1. The smallest absolute Gasteiger partial charge is 0.236 e. The van der Waals surface area contributed by atoms with Crippen LogP contribution in [-0.2, 0) is 11.2 Å². The van der Waals surface area contributed by atoms with Crippen molar-refractivity contribution in [2.75, 3.05) is 11.1 Å². The molecule has 5 nitrogen and oxygen atoms in total. The number of nitrogens with zero attached hydrogens (tertiary/aromatic N) is 3. The topological polar surface area (TPSA) is 67.8 Å². The molecule has 174 valence electrons. The third kappa shape index (κ3) is 5.39. The van der Waals surface area contributed by atoms with Gasteiger partial charge in [0.1, 0.15) is 10.8 Å². The molecule has 2 aromatic heterocycles. The second-order valence-corrected chi connectivity index (χ2v) is 9.63. The summed E-state index contributed by atoms with van der Waals surface area (Å²) < 4.78 is 13.4. The fraction of sp³-hybridized carbons (Fsp3) is 0.111. The summed E-state index contributed by atoms with van der Waals surface area (Å²) in [7, 11) is 0. The average molecular weight is 501 g/mol. The standard InChI is InChI=1S/C27H21FN4OS2/c1-2-17-8-13-22-21(14-17)26(32-25(29-22)19-9-11-20(28)12-10-19)34-16-24(33)31-27-30-23(15-35-27)18-6-4-3-5-7-18/h3-15H,2,16H2,1H3,(H,30,31,33). The minimum absolute atomic E-state index is 0.161. The minimum Gasteiger partial charge on any atom is -0.301 e. The molecule has 0 saturated carbocycles. The van der Waals surface area contributed by atoms with Crippen molar-refractivity contribution in [1.29, 1.82) is 0 Å². The average Bonchev–Trinajstić information content (AvgIpc) is 3.36. The summed E-state index contributed by atoms with van der Waals surface area (Å²) in [5, 5.41) is 6.98. The van der Waals surface area contributed by atoms with E-state index in [-0.39, 0.29) is 17.5 Å². The summed E-state index contributed by atoms with van der Waals surface area (Å²) in [6.45, 7) is 2.09. The van der Waals surface area contributed by atoms with Gasteiger partial charge in [-0.3, -0.25) is 4.79 Å². The van der Waals surface area contributed by atoms with Crippen molar-refractivity contribution in [1.82, 2.24) is 15.0 Å². The van der Waals surface area contributed by atoms with Crippen molar-refractivity contribution in [3.05, 3.63) is 89.6 Å².